The number of carbonyl (C=O) groups is 1. The van der Waals surface area contributed by atoms with Crippen molar-refractivity contribution >= 4 is 5.91 Å². The Hall–Kier alpha value is -1.43. The molecule has 2 atom stereocenters. The van der Waals surface area contributed by atoms with Crippen LogP contribution in [0.25, 0.3) is 0 Å². The number of hydrogen-bond acceptors (Lipinski definition) is 4. The molecule has 2 aliphatic heterocycles. The van der Waals surface area contributed by atoms with Crippen LogP contribution < -0.4 is 10.6 Å². The van der Waals surface area contributed by atoms with Crippen molar-refractivity contribution < 1.29 is 4.79 Å². The highest BCUT2D eigenvalue weighted by atomic mass is 16.2. The second kappa shape index (κ2) is 10.6. The zero-order valence-electron chi connectivity index (χ0n) is 18.8. The molecule has 0 bridgehead atoms. The van der Waals surface area contributed by atoms with Crippen LogP contribution in [0.15, 0.2) is 24.3 Å². The molecule has 2 heterocycles. The third kappa shape index (κ3) is 6.27. The van der Waals surface area contributed by atoms with Crippen LogP contribution in [-0.2, 0) is 11.3 Å². The molecule has 0 aromatic heterocycles. The average molecular weight is 401 g/mol. The number of aryl methyl sites for hydroxylation is 1. The van der Waals surface area contributed by atoms with Crippen molar-refractivity contribution in [2.45, 2.75) is 84.1 Å². The van der Waals surface area contributed by atoms with Gasteiger partial charge in [-0.25, -0.2) is 0 Å². The second-order valence-corrected chi connectivity index (χ2v) is 9.25. The molecular formula is C24H40N4O. The topological polar surface area (TPSA) is 47.6 Å². The number of nitrogens with zero attached hydrogens (tertiary/aromatic N) is 2. The largest absolute Gasteiger partial charge is 0.353 e. The molecule has 2 saturated heterocycles. The minimum atomic E-state index is -0.00450. The summed E-state index contributed by atoms with van der Waals surface area (Å²) >= 11 is 0. The van der Waals surface area contributed by atoms with E-state index < -0.39 is 0 Å². The van der Waals surface area contributed by atoms with Gasteiger partial charge in [-0.15, -0.1) is 0 Å². The van der Waals surface area contributed by atoms with Crippen LogP contribution in [-0.4, -0.2) is 66.1 Å². The number of likely N-dealkylation sites (tertiary alicyclic amines) is 2. The molecule has 1 amide bonds. The summed E-state index contributed by atoms with van der Waals surface area (Å²) < 4.78 is 0. The Labute approximate surface area is 177 Å². The Balaban J connectivity index is 1.61. The summed E-state index contributed by atoms with van der Waals surface area (Å²) in [7, 11) is 0. The third-order valence-corrected chi connectivity index (χ3v) is 6.32. The van der Waals surface area contributed by atoms with Gasteiger partial charge >= 0.3 is 0 Å². The highest BCUT2D eigenvalue weighted by Crippen LogP contribution is 2.27. The highest BCUT2D eigenvalue weighted by molar-refractivity contribution is 5.82. The van der Waals surface area contributed by atoms with Gasteiger partial charge in [-0.1, -0.05) is 36.8 Å². The van der Waals surface area contributed by atoms with Gasteiger partial charge in [0, 0.05) is 31.2 Å². The molecule has 3 rings (SSSR count). The van der Waals surface area contributed by atoms with Gasteiger partial charge in [0.05, 0.1) is 6.04 Å². The predicted molar refractivity (Wildman–Crippen MR) is 120 cm³/mol. The summed E-state index contributed by atoms with van der Waals surface area (Å²) in [5, 5.41) is 6.90. The number of benzene rings is 1. The van der Waals surface area contributed by atoms with Gasteiger partial charge in [0.15, 0.2) is 0 Å². The third-order valence-electron chi connectivity index (χ3n) is 6.32. The van der Waals surface area contributed by atoms with Crippen LogP contribution in [0.2, 0.25) is 0 Å². The summed E-state index contributed by atoms with van der Waals surface area (Å²) in [4.78, 5) is 18.0. The maximum Gasteiger partial charge on any atom is 0.237 e. The monoisotopic (exact) mass is 400 g/mol. The zero-order valence-corrected chi connectivity index (χ0v) is 18.8. The van der Waals surface area contributed by atoms with Crippen LogP contribution in [0.3, 0.4) is 0 Å². The van der Waals surface area contributed by atoms with Crippen molar-refractivity contribution in [3.8, 4) is 0 Å². The first-order chi connectivity index (χ1) is 14.0. The van der Waals surface area contributed by atoms with Crippen molar-refractivity contribution in [3.05, 3.63) is 35.4 Å². The quantitative estimate of drug-likeness (QED) is 0.704. The molecular weight excluding hydrogens is 360 g/mol. The lowest BCUT2D eigenvalue weighted by Gasteiger charge is -2.39. The number of rotatable bonds is 8. The van der Waals surface area contributed by atoms with Gasteiger partial charge in [0.1, 0.15) is 0 Å². The van der Waals surface area contributed by atoms with Gasteiger partial charge in [-0.2, -0.15) is 0 Å². The highest BCUT2D eigenvalue weighted by Gasteiger charge is 2.41. The average Bonchev–Trinajstić information content (AvgIpc) is 3.11. The maximum absolute atomic E-state index is 12.9. The van der Waals surface area contributed by atoms with Gasteiger partial charge < -0.3 is 15.5 Å². The van der Waals surface area contributed by atoms with E-state index >= 15 is 0 Å². The summed E-state index contributed by atoms with van der Waals surface area (Å²) in [6, 6.07) is 9.76. The number of nitrogens with one attached hydrogen (secondary N) is 2. The van der Waals surface area contributed by atoms with Crippen molar-refractivity contribution in [1.82, 2.24) is 20.4 Å². The second-order valence-electron chi connectivity index (χ2n) is 9.25. The number of hydrogen-bond donors (Lipinski definition) is 2. The molecule has 1 aromatic rings. The first kappa shape index (κ1) is 22.3. The molecule has 5 heteroatoms. The van der Waals surface area contributed by atoms with Crippen LogP contribution >= 0.6 is 0 Å². The van der Waals surface area contributed by atoms with Crippen LogP contribution in [0.5, 0.6) is 0 Å². The fraction of sp³-hybridized carbons (Fsp3) is 0.708. The summed E-state index contributed by atoms with van der Waals surface area (Å²) in [5.74, 6) is 0.204. The number of piperidine rings is 1. The van der Waals surface area contributed by atoms with Crippen LogP contribution in [0.4, 0.5) is 0 Å². The molecule has 29 heavy (non-hydrogen) atoms. The molecule has 2 fully saturated rings. The Morgan fingerprint density at radius 2 is 2.00 bits per heavy atom. The van der Waals surface area contributed by atoms with Crippen molar-refractivity contribution in [2.75, 3.05) is 26.2 Å². The molecule has 5 nitrogen and oxygen atoms in total. The summed E-state index contributed by atoms with van der Waals surface area (Å²) in [5.41, 5.74) is 2.62. The Morgan fingerprint density at radius 1 is 1.24 bits per heavy atom. The normalized spacial score (nSPS) is 24.3. The molecule has 1 aromatic carbocycles. The predicted octanol–water partition coefficient (Wildman–Crippen LogP) is 2.93. The molecule has 0 spiro atoms. The van der Waals surface area contributed by atoms with E-state index in [1.165, 1.54) is 36.9 Å². The Bertz CT molecular complexity index is 654. The molecule has 2 N–H and O–H groups in total. The van der Waals surface area contributed by atoms with Gasteiger partial charge in [0.25, 0.3) is 0 Å². The zero-order chi connectivity index (χ0) is 20.8. The number of carbonyl (C=O) groups excluding carboxylic acids is 1. The Kier molecular flexibility index (Phi) is 8.10. The lowest BCUT2D eigenvalue weighted by Crippen LogP contribution is -2.52. The fourth-order valence-corrected chi connectivity index (χ4v) is 4.93. The van der Waals surface area contributed by atoms with Crippen LogP contribution in [0, 0.1) is 6.92 Å². The minimum absolute atomic E-state index is 0.00450. The first-order valence-corrected chi connectivity index (χ1v) is 11.5. The van der Waals surface area contributed by atoms with E-state index in [2.05, 4.69) is 58.5 Å². The first-order valence-electron chi connectivity index (χ1n) is 11.5. The summed E-state index contributed by atoms with van der Waals surface area (Å²) in [6.07, 6.45) is 4.48. The maximum atomic E-state index is 12.9. The molecule has 0 saturated carbocycles. The van der Waals surface area contributed by atoms with E-state index in [0.717, 1.165) is 32.6 Å². The van der Waals surface area contributed by atoms with Crippen molar-refractivity contribution in [3.63, 3.8) is 0 Å². The molecule has 0 radical (unpaired) electrons. The van der Waals surface area contributed by atoms with E-state index in [1.807, 2.05) is 13.8 Å². The molecule has 2 aliphatic rings. The Morgan fingerprint density at radius 3 is 2.66 bits per heavy atom. The van der Waals surface area contributed by atoms with Gasteiger partial charge in [-0.05, 0) is 71.7 Å². The van der Waals surface area contributed by atoms with Crippen molar-refractivity contribution in [2.24, 2.45) is 0 Å². The van der Waals surface area contributed by atoms with E-state index in [9.17, 15) is 4.79 Å². The number of amides is 1. The lowest BCUT2D eigenvalue weighted by atomic mass is 10.0. The fourth-order valence-electron chi connectivity index (χ4n) is 4.93. The lowest BCUT2D eigenvalue weighted by molar-refractivity contribution is -0.127. The smallest absolute Gasteiger partial charge is 0.237 e. The van der Waals surface area contributed by atoms with Gasteiger partial charge in [-0.3, -0.25) is 9.69 Å². The van der Waals surface area contributed by atoms with E-state index in [-0.39, 0.29) is 18.0 Å². The molecule has 0 unspecified atom stereocenters. The van der Waals surface area contributed by atoms with E-state index in [4.69, 9.17) is 0 Å². The van der Waals surface area contributed by atoms with Crippen LogP contribution in [0.1, 0.15) is 57.6 Å². The molecule has 0 aliphatic carbocycles. The SMILES string of the molecule is CCCN1CCC(N2C[C@@H](NCc3cccc(C)c3)C[C@H]2C(=O)NC(C)C)CC1. The van der Waals surface area contributed by atoms with Crippen molar-refractivity contribution in [1.29, 1.82) is 0 Å². The van der Waals surface area contributed by atoms with E-state index in [0.29, 0.717) is 12.1 Å². The minimum Gasteiger partial charge on any atom is -0.353 e. The summed E-state index contributed by atoms with van der Waals surface area (Å²) in [6.45, 7) is 13.9. The standard InChI is InChI=1S/C24H40N4O/c1-5-11-27-12-9-22(10-13-27)28-17-21(15-23(28)24(29)26-18(2)3)25-16-20-8-6-7-19(4)14-20/h6-8,14,18,21-23,25H,5,9-13,15-17H2,1-4H3,(H,26,29)/t21-,23-/m0/s1. The molecule has 162 valence electrons. The van der Waals surface area contributed by atoms with Gasteiger partial charge in [0.2, 0.25) is 5.91 Å². The van der Waals surface area contributed by atoms with E-state index in [1.54, 1.807) is 0 Å².